The van der Waals surface area contributed by atoms with Crippen molar-refractivity contribution in [3.05, 3.63) is 29.8 Å². The number of anilines is 1. The minimum Gasteiger partial charge on any atom is -0.383 e. The summed E-state index contributed by atoms with van der Waals surface area (Å²) in [5, 5.41) is 2.64. The van der Waals surface area contributed by atoms with Crippen molar-refractivity contribution in [3.8, 4) is 0 Å². The summed E-state index contributed by atoms with van der Waals surface area (Å²) in [6.45, 7) is 2.38. The summed E-state index contributed by atoms with van der Waals surface area (Å²) in [4.78, 5) is 26.3. The van der Waals surface area contributed by atoms with Gasteiger partial charge in [0.25, 0.3) is 0 Å². The number of carbonyl (C=O) groups is 2. The normalized spacial score (nSPS) is 18.7. The van der Waals surface area contributed by atoms with Crippen molar-refractivity contribution in [2.24, 2.45) is 0 Å². The number of nitrogens with zero attached hydrogens (tertiary/aromatic N) is 1. The van der Waals surface area contributed by atoms with Crippen LogP contribution in [0.1, 0.15) is 18.9 Å². The van der Waals surface area contributed by atoms with Crippen LogP contribution in [-0.2, 0) is 30.6 Å². The number of carbonyl (C=O) groups excluding carboxylic acids is 2. The lowest BCUT2D eigenvalue weighted by atomic mass is 10.1. The molecular weight excluding hydrogens is 344 g/mol. The van der Waals surface area contributed by atoms with E-state index in [0.29, 0.717) is 12.1 Å². The Hall–Kier alpha value is -1.93. The molecule has 1 fully saturated rings. The topological polar surface area (TPSA) is 92.8 Å². The second-order valence-corrected chi connectivity index (χ2v) is 8.24. The minimum absolute atomic E-state index is 0.0364. The third-order valence-electron chi connectivity index (χ3n) is 4.29. The predicted molar refractivity (Wildman–Crippen MR) is 95.1 cm³/mol. The number of rotatable bonds is 6. The van der Waals surface area contributed by atoms with Crippen LogP contribution in [0.5, 0.6) is 0 Å². The maximum atomic E-state index is 12.6. The van der Waals surface area contributed by atoms with Crippen molar-refractivity contribution >= 4 is 27.3 Å². The quantitative estimate of drug-likeness (QED) is 0.752. The number of hydrogen-bond donors (Lipinski definition) is 1. The lowest BCUT2D eigenvalue weighted by Crippen LogP contribution is -2.48. The number of benzene rings is 1. The number of ether oxygens (including phenoxy) is 1. The molecule has 2 amide bonds. The van der Waals surface area contributed by atoms with E-state index in [2.05, 4.69) is 5.32 Å². The molecule has 1 aliphatic heterocycles. The zero-order valence-corrected chi connectivity index (χ0v) is 15.3. The zero-order chi connectivity index (χ0) is 18.4. The van der Waals surface area contributed by atoms with Gasteiger partial charge in [0.15, 0.2) is 9.84 Å². The van der Waals surface area contributed by atoms with Gasteiger partial charge >= 0.3 is 11.8 Å². The molecule has 138 valence electrons. The van der Waals surface area contributed by atoms with Crippen LogP contribution in [0.25, 0.3) is 0 Å². The molecular formula is C17H24N2O5S. The number of methoxy groups -OCH3 is 1. The summed E-state index contributed by atoms with van der Waals surface area (Å²) in [5.74, 6) is -1.57. The Kier molecular flexibility index (Phi) is 6.55. The Balaban J connectivity index is 2.13. The van der Waals surface area contributed by atoms with Crippen molar-refractivity contribution in [2.45, 2.75) is 25.8 Å². The summed E-state index contributed by atoms with van der Waals surface area (Å²) in [6.07, 6.45) is 1.06. The van der Waals surface area contributed by atoms with E-state index in [1.807, 2.05) is 19.1 Å². The largest absolute Gasteiger partial charge is 0.383 e. The van der Waals surface area contributed by atoms with Crippen molar-refractivity contribution in [2.75, 3.05) is 37.1 Å². The number of hydrogen-bond acceptors (Lipinski definition) is 5. The number of para-hydroxylation sites is 1. The second kappa shape index (κ2) is 8.44. The fourth-order valence-electron chi connectivity index (χ4n) is 2.92. The highest BCUT2D eigenvalue weighted by molar-refractivity contribution is 7.91. The minimum atomic E-state index is -3.16. The number of aryl methyl sites for hydroxylation is 1. The molecule has 0 saturated carbocycles. The molecule has 8 heteroatoms. The summed E-state index contributed by atoms with van der Waals surface area (Å²) in [5.41, 5.74) is 1.52. The van der Waals surface area contributed by atoms with Gasteiger partial charge in [-0.3, -0.25) is 9.59 Å². The molecule has 0 spiro atoms. The van der Waals surface area contributed by atoms with E-state index in [1.165, 1.54) is 12.0 Å². The Morgan fingerprint density at radius 3 is 2.64 bits per heavy atom. The van der Waals surface area contributed by atoms with Crippen molar-refractivity contribution in [1.29, 1.82) is 0 Å². The first-order chi connectivity index (χ1) is 11.9. The van der Waals surface area contributed by atoms with Crippen LogP contribution in [0.4, 0.5) is 5.69 Å². The maximum Gasteiger partial charge on any atom is 0.313 e. The van der Waals surface area contributed by atoms with Gasteiger partial charge in [-0.1, -0.05) is 25.1 Å². The molecule has 1 N–H and O–H groups in total. The Bertz CT molecular complexity index is 732. The van der Waals surface area contributed by atoms with E-state index >= 15 is 0 Å². The highest BCUT2D eigenvalue weighted by Gasteiger charge is 2.36. The molecule has 1 atom stereocenters. The molecule has 1 saturated heterocycles. The van der Waals surface area contributed by atoms with Gasteiger partial charge in [0.1, 0.15) is 0 Å². The van der Waals surface area contributed by atoms with E-state index in [-0.39, 0.29) is 24.7 Å². The van der Waals surface area contributed by atoms with Crippen LogP contribution in [0.15, 0.2) is 24.3 Å². The molecule has 1 aromatic rings. The molecule has 0 aliphatic carbocycles. The third-order valence-corrected chi connectivity index (χ3v) is 6.04. The standard InChI is InChI=1S/C17H24N2O5S/c1-3-13-6-4-5-7-15(13)18-16(20)17(21)19(9-10-24-2)14-8-11-25(22,23)12-14/h4-7,14H,3,8-12H2,1-2H3,(H,18,20). The number of nitrogens with one attached hydrogen (secondary N) is 1. The fourth-order valence-corrected chi connectivity index (χ4v) is 4.65. The summed E-state index contributed by atoms with van der Waals surface area (Å²) >= 11 is 0. The average Bonchev–Trinajstić information content (AvgIpc) is 2.95. The number of sulfone groups is 1. The average molecular weight is 368 g/mol. The van der Waals surface area contributed by atoms with E-state index < -0.39 is 27.7 Å². The SMILES string of the molecule is CCc1ccccc1NC(=O)C(=O)N(CCOC)C1CCS(=O)(=O)C1. The molecule has 25 heavy (non-hydrogen) atoms. The lowest BCUT2D eigenvalue weighted by molar-refractivity contribution is -0.144. The smallest absolute Gasteiger partial charge is 0.313 e. The molecule has 7 nitrogen and oxygen atoms in total. The van der Waals surface area contributed by atoms with E-state index in [1.54, 1.807) is 12.1 Å². The van der Waals surface area contributed by atoms with Crippen LogP contribution < -0.4 is 5.32 Å². The molecule has 2 rings (SSSR count). The molecule has 0 aromatic heterocycles. The van der Waals surface area contributed by atoms with Crippen molar-refractivity contribution in [3.63, 3.8) is 0 Å². The van der Waals surface area contributed by atoms with Gasteiger partial charge in [0, 0.05) is 25.4 Å². The molecule has 0 bridgehead atoms. The van der Waals surface area contributed by atoms with E-state index in [0.717, 1.165) is 12.0 Å². The van der Waals surface area contributed by atoms with E-state index in [9.17, 15) is 18.0 Å². The van der Waals surface area contributed by atoms with Gasteiger partial charge in [-0.05, 0) is 24.5 Å². The molecule has 1 aliphatic rings. The molecule has 0 radical (unpaired) electrons. The highest BCUT2D eigenvalue weighted by Crippen LogP contribution is 2.19. The monoisotopic (exact) mass is 368 g/mol. The first-order valence-corrected chi connectivity index (χ1v) is 10.1. The van der Waals surface area contributed by atoms with Crippen molar-refractivity contribution in [1.82, 2.24) is 4.90 Å². The van der Waals surface area contributed by atoms with Gasteiger partial charge in [-0.25, -0.2) is 8.42 Å². The van der Waals surface area contributed by atoms with Gasteiger partial charge < -0.3 is 15.0 Å². The Morgan fingerprint density at radius 2 is 2.04 bits per heavy atom. The summed E-state index contributed by atoms with van der Waals surface area (Å²) in [6, 6.07) is 6.78. The van der Waals surface area contributed by atoms with Crippen molar-refractivity contribution < 1.29 is 22.7 Å². The molecule has 1 unspecified atom stereocenters. The zero-order valence-electron chi connectivity index (χ0n) is 14.5. The Morgan fingerprint density at radius 1 is 1.32 bits per heavy atom. The second-order valence-electron chi connectivity index (χ2n) is 6.01. The third kappa shape index (κ3) is 5.02. The van der Waals surface area contributed by atoms with E-state index in [4.69, 9.17) is 4.74 Å². The van der Waals surface area contributed by atoms with Crippen LogP contribution in [0, 0.1) is 0 Å². The predicted octanol–water partition coefficient (Wildman–Crippen LogP) is 0.850. The van der Waals surface area contributed by atoms with Crippen LogP contribution in [0.3, 0.4) is 0 Å². The maximum absolute atomic E-state index is 12.6. The van der Waals surface area contributed by atoms with Gasteiger partial charge in [0.2, 0.25) is 0 Å². The van der Waals surface area contributed by atoms with Crippen LogP contribution in [0.2, 0.25) is 0 Å². The lowest BCUT2D eigenvalue weighted by Gasteiger charge is -2.27. The van der Waals surface area contributed by atoms with Crippen LogP contribution >= 0.6 is 0 Å². The van der Waals surface area contributed by atoms with Crippen LogP contribution in [-0.4, -0.2) is 62.9 Å². The van der Waals surface area contributed by atoms with Gasteiger partial charge in [-0.15, -0.1) is 0 Å². The Labute approximate surface area is 148 Å². The van der Waals surface area contributed by atoms with Gasteiger partial charge in [-0.2, -0.15) is 0 Å². The number of amides is 2. The molecule has 1 aromatic carbocycles. The van der Waals surface area contributed by atoms with Gasteiger partial charge in [0.05, 0.1) is 18.1 Å². The first-order valence-electron chi connectivity index (χ1n) is 8.27. The highest BCUT2D eigenvalue weighted by atomic mass is 32.2. The summed E-state index contributed by atoms with van der Waals surface area (Å²) in [7, 11) is -1.67. The fraction of sp³-hybridized carbons (Fsp3) is 0.529. The summed E-state index contributed by atoms with van der Waals surface area (Å²) < 4.78 is 28.4. The molecule has 1 heterocycles. The first kappa shape index (κ1) is 19.4.